The van der Waals surface area contributed by atoms with E-state index in [0.717, 1.165) is 11.8 Å². The number of nitrogens with zero attached hydrogens (tertiary/aromatic N) is 1. The standard InChI is InChI=1S/C11H11N3O2S/c1-7(8-2-3-17-6-8)13-11(16)9-4-12-5-10(15)14-9/h2-7H,1H3,(H,13,16)(H,14,15). The van der Waals surface area contributed by atoms with Crippen LogP contribution in [0, 0.1) is 0 Å². The lowest BCUT2D eigenvalue weighted by molar-refractivity contribution is 0.0934. The van der Waals surface area contributed by atoms with Crippen molar-refractivity contribution >= 4 is 17.2 Å². The van der Waals surface area contributed by atoms with Gasteiger partial charge in [0.05, 0.1) is 18.4 Å². The van der Waals surface area contributed by atoms with Gasteiger partial charge in [0.2, 0.25) is 0 Å². The second-order valence-corrected chi connectivity index (χ2v) is 4.34. The van der Waals surface area contributed by atoms with Crippen molar-refractivity contribution in [2.45, 2.75) is 13.0 Å². The Balaban J connectivity index is 2.10. The predicted octanol–water partition coefficient (Wildman–Crippen LogP) is 1.32. The highest BCUT2D eigenvalue weighted by Crippen LogP contribution is 2.15. The summed E-state index contributed by atoms with van der Waals surface area (Å²) in [6.45, 7) is 1.88. The van der Waals surface area contributed by atoms with Crippen molar-refractivity contribution in [3.8, 4) is 0 Å². The number of thiophene rings is 1. The molecule has 0 spiro atoms. The molecule has 0 aromatic carbocycles. The third-order valence-corrected chi connectivity index (χ3v) is 2.99. The quantitative estimate of drug-likeness (QED) is 0.861. The van der Waals surface area contributed by atoms with Crippen LogP contribution in [0.5, 0.6) is 0 Å². The zero-order chi connectivity index (χ0) is 12.3. The Morgan fingerprint density at radius 2 is 2.35 bits per heavy atom. The number of aromatic amines is 1. The molecule has 5 nitrogen and oxygen atoms in total. The number of hydrogen-bond acceptors (Lipinski definition) is 4. The summed E-state index contributed by atoms with van der Waals surface area (Å²) in [6, 6.07) is 1.85. The normalized spacial score (nSPS) is 12.1. The third-order valence-electron chi connectivity index (χ3n) is 2.29. The van der Waals surface area contributed by atoms with Gasteiger partial charge in [-0.25, -0.2) is 0 Å². The number of carbonyl (C=O) groups is 1. The van der Waals surface area contributed by atoms with E-state index in [0.29, 0.717) is 0 Å². The minimum absolute atomic E-state index is 0.0996. The van der Waals surface area contributed by atoms with Gasteiger partial charge in [0.25, 0.3) is 11.5 Å². The van der Waals surface area contributed by atoms with Crippen LogP contribution in [-0.2, 0) is 0 Å². The highest BCUT2D eigenvalue weighted by atomic mass is 32.1. The first kappa shape index (κ1) is 11.5. The van der Waals surface area contributed by atoms with E-state index in [-0.39, 0.29) is 23.2 Å². The monoisotopic (exact) mass is 249 g/mol. The molecule has 2 rings (SSSR count). The number of amides is 1. The van der Waals surface area contributed by atoms with E-state index in [9.17, 15) is 9.59 Å². The summed E-state index contributed by atoms with van der Waals surface area (Å²) in [5.41, 5.74) is 0.815. The lowest BCUT2D eigenvalue weighted by atomic mass is 10.2. The van der Waals surface area contributed by atoms with Crippen LogP contribution in [0.4, 0.5) is 0 Å². The Morgan fingerprint density at radius 1 is 1.53 bits per heavy atom. The second kappa shape index (κ2) is 4.92. The van der Waals surface area contributed by atoms with Crippen LogP contribution < -0.4 is 10.9 Å². The van der Waals surface area contributed by atoms with Gasteiger partial charge in [-0.2, -0.15) is 11.3 Å². The first-order valence-electron chi connectivity index (χ1n) is 5.04. The maximum atomic E-state index is 11.8. The average Bonchev–Trinajstić information content (AvgIpc) is 2.82. The van der Waals surface area contributed by atoms with Gasteiger partial charge in [0.1, 0.15) is 5.69 Å². The molecule has 1 amide bonds. The summed E-state index contributed by atoms with van der Waals surface area (Å²) in [5.74, 6) is -0.339. The Morgan fingerprint density at radius 3 is 3.00 bits per heavy atom. The van der Waals surface area contributed by atoms with Crippen LogP contribution in [0.1, 0.15) is 29.0 Å². The van der Waals surface area contributed by atoms with E-state index in [2.05, 4.69) is 15.3 Å². The van der Waals surface area contributed by atoms with Crippen LogP contribution >= 0.6 is 11.3 Å². The predicted molar refractivity (Wildman–Crippen MR) is 65.1 cm³/mol. The van der Waals surface area contributed by atoms with Crippen molar-refractivity contribution in [3.63, 3.8) is 0 Å². The number of carbonyl (C=O) groups excluding carboxylic acids is 1. The maximum absolute atomic E-state index is 11.8. The van der Waals surface area contributed by atoms with Gasteiger partial charge < -0.3 is 10.3 Å². The summed E-state index contributed by atoms with van der Waals surface area (Å²) in [4.78, 5) is 28.9. The van der Waals surface area contributed by atoms with Gasteiger partial charge in [-0.1, -0.05) is 0 Å². The number of aromatic nitrogens is 2. The van der Waals surface area contributed by atoms with E-state index in [4.69, 9.17) is 0 Å². The Labute approximate surface area is 102 Å². The molecule has 0 aliphatic heterocycles. The summed E-state index contributed by atoms with van der Waals surface area (Å²) in [5, 5.41) is 6.70. The molecule has 2 aromatic rings. The number of hydrogen-bond donors (Lipinski definition) is 2. The fourth-order valence-electron chi connectivity index (χ4n) is 1.37. The van der Waals surface area contributed by atoms with E-state index >= 15 is 0 Å². The molecule has 1 unspecified atom stereocenters. The van der Waals surface area contributed by atoms with Crippen molar-refractivity contribution in [1.29, 1.82) is 0 Å². The van der Waals surface area contributed by atoms with Crippen LogP contribution in [0.25, 0.3) is 0 Å². The van der Waals surface area contributed by atoms with Crippen molar-refractivity contribution in [2.24, 2.45) is 0 Å². The molecule has 0 aliphatic carbocycles. The molecule has 0 fully saturated rings. The van der Waals surface area contributed by atoms with Crippen molar-refractivity contribution < 1.29 is 4.79 Å². The molecule has 0 bridgehead atoms. The number of rotatable bonds is 3. The molecule has 0 saturated carbocycles. The molecular weight excluding hydrogens is 238 g/mol. The van der Waals surface area contributed by atoms with E-state index < -0.39 is 0 Å². The summed E-state index contributed by atoms with van der Waals surface area (Å²) < 4.78 is 0. The summed E-state index contributed by atoms with van der Waals surface area (Å²) in [6.07, 6.45) is 2.45. The number of nitrogens with one attached hydrogen (secondary N) is 2. The molecule has 88 valence electrons. The van der Waals surface area contributed by atoms with Crippen molar-refractivity contribution in [3.05, 3.63) is 50.8 Å². The Bertz CT molecular complexity index is 562. The van der Waals surface area contributed by atoms with Crippen molar-refractivity contribution in [1.82, 2.24) is 15.3 Å². The molecule has 1 atom stereocenters. The van der Waals surface area contributed by atoms with Gasteiger partial charge in [-0.15, -0.1) is 0 Å². The van der Waals surface area contributed by atoms with Crippen LogP contribution in [-0.4, -0.2) is 15.9 Å². The van der Waals surface area contributed by atoms with E-state index in [1.807, 2.05) is 23.8 Å². The van der Waals surface area contributed by atoms with Gasteiger partial charge >= 0.3 is 0 Å². The lowest BCUT2D eigenvalue weighted by Crippen LogP contribution is -2.28. The van der Waals surface area contributed by atoms with Gasteiger partial charge in [-0.3, -0.25) is 14.6 Å². The lowest BCUT2D eigenvalue weighted by Gasteiger charge is -2.11. The van der Waals surface area contributed by atoms with Crippen molar-refractivity contribution in [2.75, 3.05) is 0 Å². The van der Waals surface area contributed by atoms with Gasteiger partial charge in [0.15, 0.2) is 0 Å². The minimum Gasteiger partial charge on any atom is -0.344 e. The first-order chi connectivity index (χ1) is 8.16. The van der Waals surface area contributed by atoms with Gasteiger partial charge in [0, 0.05) is 0 Å². The molecule has 6 heteroatoms. The molecule has 2 heterocycles. The molecule has 17 heavy (non-hydrogen) atoms. The Hall–Kier alpha value is -1.95. The second-order valence-electron chi connectivity index (χ2n) is 3.56. The fourth-order valence-corrected chi connectivity index (χ4v) is 2.13. The molecule has 2 aromatic heterocycles. The largest absolute Gasteiger partial charge is 0.344 e. The Kier molecular flexibility index (Phi) is 3.34. The first-order valence-corrected chi connectivity index (χ1v) is 5.98. The highest BCUT2D eigenvalue weighted by molar-refractivity contribution is 7.07. The number of H-pyrrole nitrogens is 1. The maximum Gasteiger partial charge on any atom is 0.269 e. The molecular formula is C11H11N3O2S. The van der Waals surface area contributed by atoms with Crippen LogP contribution in [0.2, 0.25) is 0 Å². The average molecular weight is 249 g/mol. The SMILES string of the molecule is CC(NC(=O)c1cncc(=O)[nH]1)c1ccsc1. The zero-order valence-corrected chi connectivity index (χ0v) is 9.95. The topological polar surface area (TPSA) is 74.8 Å². The van der Waals surface area contributed by atoms with Crippen LogP contribution in [0.3, 0.4) is 0 Å². The molecule has 2 N–H and O–H groups in total. The fraction of sp³-hybridized carbons (Fsp3) is 0.182. The smallest absolute Gasteiger partial charge is 0.269 e. The molecule has 0 aliphatic rings. The van der Waals surface area contributed by atoms with E-state index in [1.54, 1.807) is 11.3 Å². The van der Waals surface area contributed by atoms with Crippen LogP contribution in [0.15, 0.2) is 34.0 Å². The zero-order valence-electron chi connectivity index (χ0n) is 9.14. The highest BCUT2D eigenvalue weighted by Gasteiger charge is 2.12. The van der Waals surface area contributed by atoms with Gasteiger partial charge in [-0.05, 0) is 29.3 Å². The minimum atomic E-state index is -0.388. The summed E-state index contributed by atoms with van der Waals surface area (Å²) in [7, 11) is 0. The molecule has 0 radical (unpaired) electrons. The third kappa shape index (κ3) is 2.79. The molecule has 0 saturated heterocycles. The van der Waals surface area contributed by atoms with E-state index in [1.165, 1.54) is 6.20 Å². The summed E-state index contributed by atoms with van der Waals surface area (Å²) >= 11 is 1.57.